The zero-order valence-corrected chi connectivity index (χ0v) is 8.59. The van der Waals surface area contributed by atoms with E-state index >= 15 is 0 Å². The van der Waals surface area contributed by atoms with Crippen molar-refractivity contribution in [3.63, 3.8) is 0 Å². The van der Waals surface area contributed by atoms with Gasteiger partial charge in [-0.25, -0.2) is 0 Å². The summed E-state index contributed by atoms with van der Waals surface area (Å²) in [6, 6.07) is 11.3. The normalized spacial score (nSPS) is 10.7. The van der Waals surface area contributed by atoms with E-state index in [1.54, 1.807) is 0 Å². The molecule has 0 saturated heterocycles. The Morgan fingerprint density at radius 1 is 1.31 bits per heavy atom. The minimum atomic E-state index is 1.14. The molecule has 1 radical (unpaired) electrons. The molecule has 0 atom stereocenters. The van der Waals surface area contributed by atoms with E-state index in [1.165, 1.54) is 5.56 Å². The molecule has 0 aliphatic carbocycles. The Kier molecular flexibility index (Phi) is 4.55. The van der Waals surface area contributed by atoms with Crippen LogP contribution in [0.25, 0.3) is 0 Å². The van der Waals surface area contributed by atoms with Gasteiger partial charge in [0, 0.05) is 6.54 Å². The van der Waals surface area contributed by atoms with Gasteiger partial charge in [0.25, 0.3) is 0 Å². The lowest BCUT2D eigenvalue weighted by atomic mass is 10.1. The summed E-state index contributed by atoms with van der Waals surface area (Å²) < 4.78 is 0. The average molecular weight is 176 g/mol. The van der Waals surface area contributed by atoms with Crippen LogP contribution in [-0.4, -0.2) is 24.5 Å². The van der Waals surface area contributed by atoms with Gasteiger partial charge in [-0.15, -0.1) is 0 Å². The fourth-order valence-corrected chi connectivity index (χ4v) is 1.41. The highest BCUT2D eigenvalue weighted by atomic mass is 15.1. The summed E-state index contributed by atoms with van der Waals surface area (Å²) in [7, 11) is 0. The number of nitrogens with zero attached hydrogens (tertiary/aromatic N) is 1. The fraction of sp³-hybridized carbons (Fsp3) is 0.500. The first-order valence-corrected chi connectivity index (χ1v) is 5.04. The molecule has 0 aliphatic rings. The molecule has 1 rings (SSSR count). The number of hydrogen-bond donors (Lipinski definition) is 0. The maximum atomic E-state index is 3.10. The lowest BCUT2D eigenvalue weighted by molar-refractivity contribution is 0.308. The molecule has 0 amide bonds. The van der Waals surface area contributed by atoms with Crippen LogP contribution in [0.1, 0.15) is 19.4 Å². The third-order valence-corrected chi connectivity index (χ3v) is 2.38. The molecule has 13 heavy (non-hydrogen) atoms. The van der Waals surface area contributed by atoms with Crippen molar-refractivity contribution in [1.29, 1.82) is 0 Å². The van der Waals surface area contributed by atoms with Crippen LogP contribution in [0, 0.1) is 6.07 Å². The second-order valence-corrected chi connectivity index (χ2v) is 3.19. The minimum absolute atomic E-state index is 1.14. The molecule has 0 saturated carbocycles. The maximum absolute atomic E-state index is 3.10. The van der Waals surface area contributed by atoms with Crippen LogP contribution < -0.4 is 0 Å². The first kappa shape index (κ1) is 10.3. The Hall–Kier alpha value is -0.820. The number of hydrogen-bond acceptors (Lipinski definition) is 1. The molecular weight excluding hydrogens is 158 g/mol. The van der Waals surface area contributed by atoms with E-state index in [2.05, 4.69) is 43.0 Å². The molecule has 71 valence electrons. The molecule has 0 aliphatic heterocycles. The van der Waals surface area contributed by atoms with Gasteiger partial charge >= 0.3 is 0 Å². The van der Waals surface area contributed by atoms with Crippen molar-refractivity contribution >= 4 is 0 Å². The predicted molar refractivity (Wildman–Crippen MR) is 56.8 cm³/mol. The van der Waals surface area contributed by atoms with Crippen LogP contribution in [0.2, 0.25) is 0 Å². The molecular formula is C12H18N. The highest BCUT2D eigenvalue weighted by molar-refractivity contribution is 5.13. The Labute approximate surface area is 81.4 Å². The van der Waals surface area contributed by atoms with E-state index in [4.69, 9.17) is 0 Å². The molecule has 0 N–H and O–H groups in total. The first-order chi connectivity index (χ1) is 6.36. The monoisotopic (exact) mass is 176 g/mol. The zero-order valence-electron chi connectivity index (χ0n) is 8.59. The van der Waals surface area contributed by atoms with Crippen LogP contribution in [0.5, 0.6) is 0 Å². The van der Waals surface area contributed by atoms with Gasteiger partial charge in [0.1, 0.15) is 0 Å². The van der Waals surface area contributed by atoms with Crippen molar-refractivity contribution in [1.82, 2.24) is 4.90 Å². The van der Waals surface area contributed by atoms with Gasteiger partial charge in [-0.05, 0) is 31.1 Å². The Bertz CT molecular complexity index is 214. The summed E-state index contributed by atoms with van der Waals surface area (Å²) in [5.41, 5.74) is 1.38. The molecule has 1 aromatic carbocycles. The summed E-state index contributed by atoms with van der Waals surface area (Å²) >= 11 is 0. The lowest BCUT2D eigenvalue weighted by Gasteiger charge is -2.17. The van der Waals surface area contributed by atoms with Crippen LogP contribution in [0.4, 0.5) is 0 Å². The fourth-order valence-electron chi connectivity index (χ4n) is 1.41. The quantitative estimate of drug-likeness (QED) is 0.665. The Balaban J connectivity index is 2.34. The average Bonchev–Trinajstić information content (AvgIpc) is 2.21. The molecule has 0 aromatic heterocycles. The summed E-state index contributed by atoms with van der Waals surface area (Å²) in [6.45, 7) is 7.87. The van der Waals surface area contributed by atoms with Gasteiger partial charge < -0.3 is 4.90 Å². The van der Waals surface area contributed by atoms with Gasteiger partial charge in [0.2, 0.25) is 0 Å². The van der Waals surface area contributed by atoms with Crippen molar-refractivity contribution in [3.8, 4) is 0 Å². The summed E-state index contributed by atoms with van der Waals surface area (Å²) in [5, 5.41) is 0. The van der Waals surface area contributed by atoms with Crippen LogP contribution in [-0.2, 0) is 6.42 Å². The van der Waals surface area contributed by atoms with Crippen molar-refractivity contribution in [2.24, 2.45) is 0 Å². The van der Waals surface area contributed by atoms with Gasteiger partial charge in [0.05, 0.1) is 0 Å². The Morgan fingerprint density at radius 2 is 2.08 bits per heavy atom. The first-order valence-electron chi connectivity index (χ1n) is 5.04. The summed E-state index contributed by atoms with van der Waals surface area (Å²) in [4.78, 5) is 2.44. The standard InChI is InChI=1S/C12H18N/c1-3-13(4-2)11-10-12-8-6-5-7-9-12/h5-6,8-9H,3-4,10-11H2,1-2H3. The summed E-state index contributed by atoms with van der Waals surface area (Å²) in [6.07, 6.45) is 1.14. The van der Waals surface area contributed by atoms with E-state index in [0.29, 0.717) is 0 Å². The molecule has 1 heteroatoms. The van der Waals surface area contributed by atoms with Crippen LogP contribution in [0.3, 0.4) is 0 Å². The molecule has 0 fully saturated rings. The number of benzene rings is 1. The van der Waals surface area contributed by atoms with E-state index in [-0.39, 0.29) is 0 Å². The SMILES string of the molecule is CCN(CC)CCc1c[c]ccc1. The van der Waals surface area contributed by atoms with Gasteiger partial charge in [0.15, 0.2) is 0 Å². The van der Waals surface area contributed by atoms with Gasteiger partial charge in [-0.2, -0.15) is 0 Å². The van der Waals surface area contributed by atoms with E-state index < -0.39 is 0 Å². The van der Waals surface area contributed by atoms with Gasteiger partial charge in [-0.3, -0.25) is 0 Å². The van der Waals surface area contributed by atoms with Crippen molar-refractivity contribution < 1.29 is 0 Å². The van der Waals surface area contributed by atoms with Crippen molar-refractivity contribution in [2.45, 2.75) is 20.3 Å². The van der Waals surface area contributed by atoms with Crippen LogP contribution in [0.15, 0.2) is 24.3 Å². The molecule has 1 aromatic rings. The smallest absolute Gasteiger partial charge is 0.00216 e. The highest BCUT2D eigenvalue weighted by Gasteiger charge is 1.98. The number of rotatable bonds is 5. The van der Waals surface area contributed by atoms with E-state index in [1.807, 2.05) is 6.07 Å². The molecule has 1 nitrogen and oxygen atoms in total. The minimum Gasteiger partial charge on any atom is -0.304 e. The van der Waals surface area contributed by atoms with Crippen LogP contribution >= 0.6 is 0 Å². The van der Waals surface area contributed by atoms with Crippen molar-refractivity contribution in [3.05, 3.63) is 35.9 Å². The Morgan fingerprint density at radius 3 is 2.62 bits per heavy atom. The third kappa shape index (κ3) is 3.60. The zero-order chi connectivity index (χ0) is 9.52. The third-order valence-electron chi connectivity index (χ3n) is 2.38. The number of likely N-dealkylation sites (N-methyl/N-ethyl adjacent to an activating group) is 1. The highest BCUT2D eigenvalue weighted by Crippen LogP contribution is 2.00. The van der Waals surface area contributed by atoms with E-state index in [0.717, 1.165) is 26.1 Å². The maximum Gasteiger partial charge on any atom is 0.00216 e. The molecule has 0 bridgehead atoms. The van der Waals surface area contributed by atoms with Gasteiger partial charge in [-0.1, -0.05) is 38.1 Å². The van der Waals surface area contributed by atoms with E-state index in [9.17, 15) is 0 Å². The topological polar surface area (TPSA) is 3.24 Å². The molecule has 0 unspecified atom stereocenters. The largest absolute Gasteiger partial charge is 0.304 e. The molecule has 0 heterocycles. The second-order valence-electron chi connectivity index (χ2n) is 3.19. The lowest BCUT2D eigenvalue weighted by Crippen LogP contribution is -2.25. The molecule has 0 spiro atoms. The summed E-state index contributed by atoms with van der Waals surface area (Å²) in [5.74, 6) is 0. The second kappa shape index (κ2) is 5.76. The predicted octanol–water partition coefficient (Wildman–Crippen LogP) is 2.37. The van der Waals surface area contributed by atoms with Crippen molar-refractivity contribution in [2.75, 3.05) is 19.6 Å².